The molecule has 3 N–H and O–H groups in total. The van der Waals surface area contributed by atoms with Crippen LogP contribution >= 0.6 is 22.9 Å². The van der Waals surface area contributed by atoms with Gasteiger partial charge in [0.15, 0.2) is 0 Å². The van der Waals surface area contributed by atoms with Crippen molar-refractivity contribution in [3.8, 4) is 0 Å². The Morgan fingerprint density at radius 1 is 1.82 bits per heavy atom. The minimum absolute atomic E-state index is 0.0315. The Kier molecular flexibility index (Phi) is 2.90. The average molecular weight is 192 g/mol. The van der Waals surface area contributed by atoms with Gasteiger partial charge in [-0.2, -0.15) is 0 Å². The van der Waals surface area contributed by atoms with Crippen LogP contribution in [0.15, 0.2) is 6.07 Å². The normalized spacial score (nSPS) is 13.5. The molecule has 1 rings (SSSR count). The van der Waals surface area contributed by atoms with E-state index in [0.717, 1.165) is 14.8 Å². The van der Waals surface area contributed by atoms with Crippen molar-refractivity contribution in [1.82, 2.24) is 0 Å². The Morgan fingerprint density at radius 3 is 2.82 bits per heavy atom. The standard InChI is InChI=1S/C7H10ClNOS/c1-4-5(8)2-7(11-4)6(9)3-10/h2,6,10H,3,9H2,1H3. The molecule has 62 valence electrons. The SMILES string of the molecule is Cc1sc(C(N)CO)cc1Cl. The van der Waals surface area contributed by atoms with E-state index < -0.39 is 0 Å². The van der Waals surface area contributed by atoms with Crippen molar-refractivity contribution in [2.75, 3.05) is 6.61 Å². The maximum atomic E-state index is 8.73. The molecule has 0 aliphatic rings. The van der Waals surface area contributed by atoms with Crippen LogP contribution in [0.4, 0.5) is 0 Å². The summed E-state index contributed by atoms with van der Waals surface area (Å²) in [4.78, 5) is 1.99. The zero-order valence-electron chi connectivity index (χ0n) is 6.17. The third-order valence-electron chi connectivity index (χ3n) is 1.44. The van der Waals surface area contributed by atoms with E-state index in [-0.39, 0.29) is 12.6 Å². The lowest BCUT2D eigenvalue weighted by Gasteiger charge is -2.02. The van der Waals surface area contributed by atoms with E-state index in [1.165, 1.54) is 11.3 Å². The lowest BCUT2D eigenvalue weighted by molar-refractivity contribution is 0.269. The lowest BCUT2D eigenvalue weighted by Crippen LogP contribution is -2.12. The van der Waals surface area contributed by atoms with Crippen LogP contribution in [0.5, 0.6) is 0 Å². The van der Waals surface area contributed by atoms with Crippen LogP contribution in [0, 0.1) is 6.92 Å². The van der Waals surface area contributed by atoms with Gasteiger partial charge in [0.05, 0.1) is 17.7 Å². The number of hydrogen-bond acceptors (Lipinski definition) is 3. The van der Waals surface area contributed by atoms with E-state index in [0.29, 0.717) is 0 Å². The van der Waals surface area contributed by atoms with Crippen molar-refractivity contribution < 1.29 is 5.11 Å². The summed E-state index contributed by atoms with van der Waals surface area (Å²) in [6.07, 6.45) is 0. The van der Waals surface area contributed by atoms with E-state index in [2.05, 4.69) is 0 Å². The quantitative estimate of drug-likeness (QED) is 0.748. The van der Waals surface area contributed by atoms with E-state index in [4.69, 9.17) is 22.4 Å². The van der Waals surface area contributed by atoms with Crippen molar-refractivity contribution in [3.05, 3.63) is 20.8 Å². The molecule has 0 aliphatic carbocycles. The number of hydrogen-bond donors (Lipinski definition) is 2. The monoisotopic (exact) mass is 191 g/mol. The molecule has 11 heavy (non-hydrogen) atoms. The fourth-order valence-corrected chi connectivity index (χ4v) is 1.96. The van der Waals surface area contributed by atoms with E-state index in [1.54, 1.807) is 0 Å². The molecule has 4 heteroatoms. The molecule has 0 aliphatic heterocycles. The Labute approximate surface area is 74.6 Å². The lowest BCUT2D eigenvalue weighted by atomic mass is 10.3. The largest absolute Gasteiger partial charge is 0.394 e. The highest BCUT2D eigenvalue weighted by Crippen LogP contribution is 2.28. The van der Waals surface area contributed by atoms with Gasteiger partial charge in [0, 0.05) is 9.75 Å². The van der Waals surface area contributed by atoms with Gasteiger partial charge in [-0.15, -0.1) is 11.3 Å². The van der Waals surface area contributed by atoms with Crippen LogP contribution in [0.3, 0.4) is 0 Å². The van der Waals surface area contributed by atoms with Gasteiger partial charge in [0.1, 0.15) is 0 Å². The number of halogens is 1. The molecular weight excluding hydrogens is 182 g/mol. The van der Waals surface area contributed by atoms with E-state index in [9.17, 15) is 0 Å². The number of aryl methyl sites for hydroxylation is 1. The number of thiophene rings is 1. The summed E-state index contributed by atoms with van der Waals surface area (Å²) in [5, 5.41) is 9.46. The minimum Gasteiger partial charge on any atom is -0.394 e. The summed E-state index contributed by atoms with van der Waals surface area (Å²) in [6.45, 7) is 1.90. The molecule has 1 atom stereocenters. The Hall–Kier alpha value is -0.0900. The third-order valence-corrected chi connectivity index (χ3v) is 3.13. The first-order chi connectivity index (χ1) is 5.15. The van der Waals surface area contributed by atoms with Crippen molar-refractivity contribution in [2.24, 2.45) is 5.73 Å². The summed E-state index contributed by atoms with van der Waals surface area (Å²) < 4.78 is 0. The van der Waals surface area contributed by atoms with Crippen molar-refractivity contribution in [3.63, 3.8) is 0 Å². The first-order valence-electron chi connectivity index (χ1n) is 3.27. The van der Waals surface area contributed by atoms with Crippen LogP contribution in [0.1, 0.15) is 15.8 Å². The smallest absolute Gasteiger partial charge is 0.0632 e. The van der Waals surface area contributed by atoms with E-state index >= 15 is 0 Å². The Morgan fingerprint density at radius 2 is 2.45 bits per heavy atom. The highest BCUT2D eigenvalue weighted by molar-refractivity contribution is 7.12. The van der Waals surface area contributed by atoms with Gasteiger partial charge >= 0.3 is 0 Å². The van der Waals surface area contributed by atoms with Gasteiger partial charge < -0.3 is 10.8 Å². The summed E-state index contributed by atoms with van der Waals surface area (Å²) >= 11 is 7.33. The first kappa shape index (κ1) is 9.00. The molecule has 2 nitrogen and oxygen atoms in total. The van der Waals surface area contributed by atoms with Crippen molar-refractivity contribution in [2.45, 2.75) is 13.0 Å². The van der Waals surface area contributed by atoms with Crippen molar-refractivity contribution >= 4 is 22.9 Å². The van der Waals surface area contributed by atoms with Gasteiger partial charge in [-0.1, -0.05) is 11.6 Å². The molecule has 0 saturated carbocycles. The maximum Gasteiger partial charge on any atom is 0.0632 e. The minimum atomic E-state index is -0.286. The molecule has 0 saturated heterocycles. The number of rotatable bonds is 2. The molecule has 1 unspecified atom stereocenters. The molecular formula is C7H10ClNOS. The molecule has 0 bridgehead atoms. The average Bonchev–Trinajstić information content (AvgIpc) is 2.31. The molecule has 0 radical (unpaired) electrons. The summed E-state index contributed by atoms with van der Waals surface area (Å²) in [6, 6.07) is 1.52. The topological polar surface area (TPSA) is 46.2 Å². The van der Waals surface area contributed by atoms with Gasteiger partial charge in [0.2, 0.25) is 0 Å². The van der Waals surface area contributed by atoms with E-state index in [1.807, 2.05) is 13.0 Å². The summed E-state index contributed by atoms with van der Waals surface area (Å²) in [5.41, 5.74) is 5.58. The van der Waals surface area contributed by atoms with Crippen LogP contribution in [-0.4, -0.2) is 11.7 Å². The predicted molar refractivity (Wildman–Crippen MR) is 48.1 cm³/mol. The van der Waals surface area contributed by atoms with Crippen LogP contribution in [-0.2, 0) is 0 Å². The molecule has 0 aromatic carbocycles. The summed E-state index contributed by atoms with van der Waals surface area (Å²) in [5.74, 6) is 0. The third kappa shape index (κ3) is 1.93. The molecule has 0 spiro atoms. The predicted octanol–water partition coefficient (Wildman–Crippen LogP) is 1.70. The molecule has 0 fully saturated rings. The van der Waals surface area contributed by atoms with Crippen LogP contribution in [0.25, 0.3) is 0 Å². The fraction of sp³-hybridized carbons (Fsp3) is 0.429. The second kappa shape index (κ2) is 3.54. The van der Waals surface area contributed by atoms with Crippen molar-refractivity contribution in [1.29, 1.82) is 0 Å². The van der Waals surface area contributed by atoms with Crippen LogP contribution < -0.4 is 5.73 Å². The zero-order valence-corrected chi connectivity index (χ0v) is 7.75. The Balaban J connectivity index is 2.88. The zero-order chi connectivity index (χ0) is 8.43. The summed E-state index contributed by atoms with van der Waals surface area (Å²) in [7, 11) is 0. The number of aliphatic hydroxyl groups is 1. The van der Waals surface area contributed by atoms with Gasteiger partial charge in [-0.05, 0) is 13.0 Å². The molecule has 1 aromatic heterocycles. The molecule has 1 heterocycles. The second-order valence-corrected chi connectivity index (χ2v) is 4.04. The number of aliphatic hydroxyl groups excluding tert-OH is 1. The molecule has 0 amide bonds. The maximum absolute atomic E-state index is 8.73. The fourth-order valence-electron chi connectivity index (χ4n) is 0.754. The van der Waals surface area contributed by atoms with Gasteiger partial charge in [-0.3, -0.25) is 0 Å². The Bertz CT molecular complexity index is 229. The number of nitrogens with two attached hydrogens (primary N) is 1. The highest BCUT2D eigenvalue weighted by Gasteiger charge is 2.09. The van der Waals surface area contributed by atoms with Crippen LogP contribution in [0.2, 0.25) is 5.02 Å². The molecule has 1 aromatic rings. The highest BCUT2D eigenvalue weighted by atomic mass is 35.5. The first-order valence-corrected chi connectivity index (χ1v) is 4.47. The van der Waals surface area contributed by atoms with Gasteiger partial charge in [0.25, 0.3) is 0 Å². The second-order valence-electron chi connectivity index (χ2n) is 2.34. The van der Waals surface area contributed by atoms with Gasteiger partial charge in [-0.25, -0.2) is 0 Å².